The lowest BCUT2D eigenvalue weighted by atomic mass is 9.92. The first-order valence-corrected chi connectivity index (χ1v) is 10.3. The van der Waals surface area contributed by atoms with Crippen LogP contribution in [0.5, 0.6) is 0 Å². The molecule has 1 amide bonds. The molecule has 164 valence electrons. The molecule has 0 spiro atoms. The number of hydrogen-bond donors (Lipinski definition) is 1. The first-order chi connectivity index (χ1) is 14.7. The Balaban J connectivity index is 1.86. The maximum Gasteiger partial charge on any atom is 0.428 e. The predicted octanol–water partition coefficient (Wildman–Crippen LogP) is 4.34. The van der Waals surface area contributed by atoms with Crippen molar-refractivity contribution in [2.24, 2.45) is 5.92 Å². The molecule has 0 radical (unpaired) electrons. The van der Waals surface area contributed by atoms with Gasteiger partial charge in [0.05, 0.1) is 11.0 Å². The van der Waals surface area contributed by atoms with Gasteiger partial charge < -0.3 is 14.6 Å². The molecule has 1 N–H and O–H groups in total. The molecule has 0 aliphatic carbocycles. The third-order valence-corrected chi connectivity index (χ3v) is 5.95. The zero-order chi connectivity index (χ0) is 22.4. The van der Waals surface area contributed by atoms with Crippen LogP contribution in [-0.2, 0) is 12.1 Å². The van der Waals surface area contributed by atoms with Crippen molar-refractivity contribution in [1.29, 1.82) is 0 Å². The van der Waals surface area contributed by atoms with Crippen LogP contribution in [-0.4, -0.2) is 44.7 Å². The number of aromatic nitrogens is 2. The van der Waals surface area contributed by atoms with Gasteiger partial charge >= 0.3 is 6.18 Å². The highest BCUT2D eigenvalue weighted by atomic mass is 19.4. The Bertz CT molecular complexity index is 1110. The second-order valence-corrected chi connectivity index (χ2v) is 8.10. The van der Waals surface area contributed by atoms with Crippen LogP contribution in [0.4, 0.5) is 13.2 Å². The quantitative estimate of drug-likeness (QED) is 0.669. The number of rotatable bonds is 4. The maximum atomic E-state index is 14.2. The Morgan fingerprint density at radius 2 is 1.90 bits per heavy atom. The van der Waals surface area contributed by atoms with E-state index in [2.05, 4.69) is 11.9 Å². The number of aliphatic hydroxyl groups is 1. The SMILES string of the molecule is CCn1c(C(O)(c2ccccc2)C(F)(F)F)nc2ccc(C(=O)N3CC[C@@H](C)C3)cc21. The van der Waals surface area contributed by atoms with E-state index in [-0.39, 0.29) is 18.0 Å². The fraction of sp³-hybridized carbons (Fsp3) is 0.391. The molecule has 1 aliphatic rings. The summed E-state index contributed by atoms with van der Waals surface area (Å²) >= 11 is 0. The molecule has 1 fully saturated rings. The van der Waals surface area contributed by atoms with Crippen LogP contribution >= 0.6 is 0 Å². The predicted molar refractivity (Wildman–Crippen MR) is 111 cm³/mol. The van der Waals surface area contributed by atoms with E-state index in [9.17, 15) is 23.1 Å². The van der Waals surface area contributed by atoms with Crippen LogP contribution in [0.1, 0.15) is 42.0 Å². The summed E-state index contributed by atoms with van der Waals surface area (Å²) in [4.78, 5) is 18.8. The van der Waals surface area contributed by atoms with E-state index in [1.807, 2.05) is 0 Å². The highest BCUT2D eigenvalue weighted by molar-refractivity contribution is 5.97. The molecule has 2 heterocycles. The second-order valence-electron chi connectivity index (χ2n) is 8.10. The van der Waals surface area contributed by atoms with Crippen molar-refractivity contribution in [2.45, 2.75) is 38.6 Å². The number of nitrogens with zero attached hydrogens (tertiary/aromatic N) is 3. The Hall–Kier alpha value is -2.87. The van der Waals surface area contributed by atoms with E-state index in [0.29, 0.717) is 35.6 Å². The first-order valence-electron chi connectivity index (χ1n) is 10.3. The monoisotopic (exact) mass is 431 g/mol. The fourth-order valence-corrected chi connectivity index (χ4v) is 4.25. The molecule has 1 aliphatic heterocycles. The number of aryl methyl sites for hydroxylation is 1. The summed E-state index contributed by atoms with van der Waals surface area (Å²) in [5, 5.41) is 11.0. The number of amides is 1. The molecule has 1 aromatic heterocycles. The van der Waals surface area contributed by atoms with E-state index < -0.39 is 17.6 Å². The molecule has 8 heteroatoms. The van der Waals surface area contributed by atoms with Gasteiger partial charge in [0.25, 0.3) is 5.91 Å². The summed E-state index contributed by atoms with van der Waals surface area (Å²) in [6.45, 7) is 5.24. The normalized spacial score (nSPS) is 19.0. The number of benzene rings is 2. The number of hydrogen-bond acceptors (Lipinski definition) is 3. The van der Waals surface area contributed by atoms with Gasteiger partial charge in [-0.1, -0.05) is 37.3 Å². The van der Waals surface area contributed by atoms with Crippen molar-refractivity contribution in [2.75, 3.05) is 13.1 Å². The summed E-state index contributed by atoms with van der Waals surface area (Å²) in [5.74, 6) is -0.234. The Kier molecular flexibility index (Phi) is 5.29. The van der Waals surface area contributed by atoms with Gasteiger partial charge in [-0.3, -0.25) is 4.79 Å². The Labute approximate surface area is 178 Å². The number of carbonyl (C=O) groups excluding carboxylic acids is 1. The molecule has 0 saturated carbocycles. The van der Waals surface area contributed by atoms with Crippen LogP contribution in [0.25, 0.3) is 11.0 Å². The Morgan fingerprint density at radius 3 is 2.48 bits per heavy atom. The molecular formula is C23H24F3N3O2. The van der Waals surface area contributed by atoms with E-state index in [4.69, 9.17) is 0 Å². The van der Waals surface area contributed by atoms with E-state index in [0.717, 1.165) is 6.42 Å². The molecule has 4 rings (SSSR count). The lowest BCUT2D eigenvalue weighted by Crippen LogP contribution is -2.45. The lowest BCUT2D eigenvalue weighted by Gasteiger charge is -2.30. The van der Waals surface area contributed by atoms with Gasteiger partial charge in [-0.15, -0.1) is 0 Å². The van der Waals surface area contributed by atoms with Crippen molar-refractivity contribution in [3.8, 4) is 0 Å². The van der Waals surface area contributed by atoms with Crippen LogP contribution in [0.2, 0.25) is 0 Å². The van der Waals surface area contributed by atoms with Gasteiger partial charge in [0.1, 0.15) is 0 Å². The zero-order valence-electron chi connectivity index (χ0n) is 17.4. The van der Waals surface area contributed by atoms with Gasteiger partial charge in [0.2, 0.25) is 5.60 Å². The third kappa shape index (κ3) is 3.48. The van der Waals surface area contributed by atoms with Gasteiger partial charge in [-0.05, 0) is 37.5 Å². The lowest BCUT2D eigenvalue weighted by molar-refractivity contribution is -0.252. The van der Waals surface area contributed by atoms with Crippen LogP contribution in [0.15, 0.2) is 48.5 Å². The molecular weight excluding hydrogens is 407 g/mol. The van der Waals surface area contributed by atoms with Crippen molar-refractivity contribution >= 4 is 16.9 Å². The maximum absolute atomic E-state index is 14.2. The molecule has 2 atom stereocenters. The zero-order valence-corrected chi connectivity index (χ0v) is 17.4. The number of carbonyl (C=O) groups is 1. The minimum absolute atomic E-state index is 0.147. The van der Waals surface area contributed by atoms with Gasteiger partial charge in [-0.25, -0.2) is 4.98 Å². The number of alkyl halides is 3. The number of imidazole rings is 1. The molecule has 31 heavy (non-hydrogen) atoms. The summed E-state index contributed by atoms with van der Waals surface area (Å²) < 4.78 is 43.9. The summed E-state index contributed by atoms with van der Waals surface area (Å²) in [5.41, 5.74) is -2.51. The minimum atomic E-state index is -4.99. The van der Waals surface area contributed by atoms with E-state index in [1.165, 1.54) is 28.8 Å². The summed E-state index contributed by atoms with van der Waals surface area (Å²) in [6, 6.07) is 11.6. The highest BCUT2D eigenvalue weighted by Gasteiger charge is 2.59. The van der Waals surface area contributed by atoms with Gasteiger partial charge in [-0.2, -0.15) is 13.2 Å². The van der Waals surface area contributed by atoms with Crippen molar-refractivity contribution < 1.29 is 23.1 Å². The standard InChI is InChI=1S/C23H24F3N3O2/c1-3-29-19-13-16(20(30)28-12-11-15(2)14-28)9-10-18(19)27-21(29)22(31,23(24,25)26)17-7-5-4-6-8-17/h4-10,13,15,31H,3,11-12,14H2,1-2H3/t15-,22?/m1/s1. The fourth-order valence-electron chi connectivity index (χ4n) is 4.25. The van der Waals surface area contributed by atoms with Crippen molar-refractivity contribution in [3.63, 3.8) is 0 Å². The van der Waals surface area contributed by atoms with E-state index in [1.54, 1.807) is 36.1 Å². The average Bonchev–Trinajstić information content (AvgIpc) is 3.35. The van der Waals surface area contributed by atoms with Crippen molar-refractivity contribution in [3.05, 3.63) is 65.5 Å². The molecule has 5 nitrogen and oxygen atoms in total. The molecule has 1 unspecified atom stereocenters. The summed E-state index contributed by atoms with van der Waals surface area (Å²) in [7, 11) is 0. The highest BCUT2D eigenvalue weighted by Crippen LogP contribution is 2.44. The van der Waals surface area contributed by atoms with Gasteiger partial charge in [0.15, 0.2) is 5.82 Å². The second kappa shape index (κ2) is 7.67. The smallest absolute Gasteiger partial charge is 0.370 e. The first kappa shape index (κ1) is 21.4. The van der Waals surface area contributed by atoms with Crippen LogP contribution in [0, 0.1) is 5.92 Å². The minimum Gasteiger partial charge on any atom is -0.370 e. The number of likely N-dealkylation sites (tertiary alicyclic amines) is 1. The van der Waals surface area contributed by atoms with Crippen LogP contribution < -0.4 is 0 Å². The average molecular weight is 431 g/mol. The topological polar surface area (TPSA) is 58.4 Å². The van der Waals surface area contributed by atoms with E-state index >= 15 is 0 Å². The number of halogens is 3. The molecule has 3 aromatic rings. The third-order valence-electron chi connectivity index (χ3n) is 5.95. The summed E-state index contributed by atoms with van der Waals surface area (Å²) in [6.07, 6.45) is -4.06. The number of fused-ring (bicyclic) bond motifs is 1. The molecule has 0 bridgehead atoms. The largest absolute Gasteiger partial charge is 0.428 e. The van der Waals surface area contributed by atoms with Crippen LogP contribution in [0.3, 0.4) is 0 Å². The molecule has 1 saturated heterocycles. The van der Waals surface area contributed by atoms with Crippen molar-refractivity contribution in [1.82, 2.24) is 14.5 Å². The van der Waals surface area contributed by atoms with Gasteiger partial charge in [0, 0.05) is 30.8 Å². The molecule has 2 aromatic carbocycles. The Morgan fingerprint density at radius 1 is 1.19 bits per heavy atom.